The molecule has 27 heavy (non-hydrogen) atoms. The number of rotatable bonds is 10. The number of alkyl halides is 6. The summed E-state index contributed by atoms with van der Waals surface area (Å²) in [7, 11) is -6.59. The van der Waals surface area contributed by atoms with Gasteiger partial charge in [-0.15, -0.1) is 0 Å². The monoisotopic (exact) mass is 448 g/mol. The SMILES string of the molecule is CCC[Si](C)(CCCC(=O)OC(CS(=O)(=O)O)(C(F)(F)F)C(F)(F)F)OC. The Morgan fingerprint density at radius 1 is 1.07 bits per heavy atom. The summed E-state index contributed by atoms with van der Waals surface area (Å²) in [5.41, 5.74) is -5.35. The van der Waals surface area contributed by atoms with Crippen molar-refractivity contribution in [3.8, 4) is 0 Å². The number of carbonyl (C=O) groups is 1. The van der Waals surface area contributed by atoms with Crippen LogP contribution in [0.3, 0.4) is 0 Å². The molecule has 1 N–H and O–H groups in total. The second-order valence-corrected chi connectivity index (χ2v) is 12.0. The molecule has 0 heterocycles. The number of hydrogen-bond donors (Lipinski definition) is 1. The smallest absolute Gasteiger partial charge is 0.438 e. The van der Waals surface area contributed by atoms with E-state index < -0.39 is 54.5 Å². The third-order valence-electron chi connectivity index (χ3n) is 3.95. The maximum Gasteiger partial charge on any atom is 0.438 e. The van der Waals surface area contributed by atoms with Crippen LogP contribution in [0.5, 0.6) is 0 Å². The van der Waals surface area contributed by atoms with Gasteiger partial charge in [0.1, 0.15) is 5.75 Å². The Morgan fingerprint density at radius 3 is 1.89 bits per heavy atom. The quantitative estimate of drug-likeness (QED) is 0.237. The van der Waals surface area contributed by atoms with Gasteiger partial charge in [-0.2, -0.15) is 34.8 Å². The van der Waals surface area contributed by atoms with Crippen LogP contribution >= 0.6 is 0 Å². The molecule has 162 valence electrons. The molecule has 0 aliphatic rings. The van der Waals surface area contributed by atoms with Gasteiger partial charge in [-0.25, -0.2) is 0 Å². The first-order chi connectivity index (χ1) is 11.9. The van der Waals surface area contributed by atoms with Crippen LogP contribution in [0.2, 0.25) is 18.6 Å². The molecule has 0 amide bonds. The van der Waals surface area contributed by atoms with Gasteiger partial charge in [-0.3, -0.25) is 9.35 Å². The largest absolute Gasteiger partial charge is 0.438 e. The Morgan fingerprint density at radius 2 is 1.56 bits per heavy atom. The average molecular weight is 448 g/mol. The van der Waals surface area contributed by atoms with E-state index in [1.54, 1.807) is 6.55 Å². The summed E-state index contributed by atoms with van der Waals surface area (Å²) in [4.78, 5) is 11.6. The molecular weight excluding hydrogens is 426 g/mol. The second-order valence-electron chi connectivity index (χ2n) is 6.28. The van der Waals surface area contributed by atoms with E-state index in [2.05, 4.69) is 4.74 Å². The zero-order valence-electron chi connectivity index (χ0n) is 14.9. The Bertz CT molecular complexity index is 591. The predicted molar refractivity (Wildman–Crippen MR) is 85.1 cm³/mol. The number of carbonyl (C=O) groups excluding carboxylic acids is 1. The zero-order chi connectivity index (χ0) is 21.7. The van der Waals surface area contributed by atoms with Crippen molar-refractivity contribution in [3.05, 3.63) is 0 Å². The summed E-state index contributed by atoms with van der Waals surface area (Å²) < 4.78 is 117. The average Bonchev–Trinajstić information content (AvgIpc) is 2.43. The molecule has 1 atom stereocenters. The summed E-state index contributed by atoms with van der Waals surface area (Å²) in [6.45, 7) is 3.67. The maximum absolute atomic E-state index is 13.0. The van der Waals surface area contributed by atoms with Crippen LogP contribution in [-0.2, 0) is 24.1 Å². The lowest BCUT2D eigenvalue weighted by Gasteiger charge is -2.35. The molecule has 0 aromatic heterocycles. The lowest BCUT2D eigenvalue weighted by atomic mass is 10.1. The first-order valence-electron chi connectivity index (χ1n) is 7.78. The molecule has 0 aromatic carbocycles. The van der Waals surface area contributed by atoms with Crippen molar-refractivity contribution in [2.75, 3.05) is 12.9 Å². The highest BCUT2D eigenvalue weighted by Crippen LogP contribution is 2.47. The second kappa shape index (κ2) is 9.09. The Kier molecular flexibility index (Phi) is 8.80. The molecule has 14 heteroatoms. The van der Waals surface area contributed by atoms with Crippen LogP contribution in [0.4, 0.5) is 26.3 Å². The van der Waals surface area contributed by atoms with Gasteiger partial charge in [0.2, 0.25) is 0 Å². The molecule has 0 radical (unpaired) electrons. The van der Waals surface area contributed by atoms with Gasteiger partial charge in [0.25, 0.3) is 10.1 Å². The van der Waals surface area contributed by atoms with Gasteiger partial charge in [0, 0.05) is 13.5 Å². The van der Waals surface area contributed by atoms with Crippen LogP contribution in [0.15, 0.2) is 0 Å². The highest BCUT2D eigenvalue weighted by Gasteiger charge is 2.75. The Hall–Kier alpha value is -0.863. The lowest BCUT2D eigenvalue weighted by Crippen LogP contribution is -2.63. The molecule has 6 nitrogen and oxygen atoms in total. The summed E-state index contributed by atoms with van der Waals surface area (Å²) in [6, 6.07) is 0.964. The van der Waals surface area contributed by atoms with Gasteiger partial charge in [0.05, 0.1) is 0 Å². The molecule has 0 spiro atoms. The normalized spacial score (nSPS) is 16.1. The minimum atomic E-state index is -6.31. The van der Waals surface area contributed by atoms with Crippen LogP contribution < -0.4 is 0 Å². The van der Waals surface area contributed by atoms with Crippen molar-refractivity contribution in [3.63, 3.8) is 0 Å². The van der Waals surface area contributed by atoms with E-state index >= 15 is 0 Å². The van der Waals surface area contributed by atoms with Gasteiger partial charge in [0.15, 0.2) is 8.32 Å². The summed E-state index contributed by atoms with van der Waals surface area (Å²) >= 11 is 0. The molecule has 0 rings (SSSR count). The number of ether oxygens (including phenoxy) is 1. The third kappa shape index (κ3) is 7.58. The first-order valence-corrected chi connectivity index (χ1v) is 12.2. The van der Waals surface area contributed by atoms with Crippen molar-refractivity contribution in [2.45, 2.75) is 62.8 Å². The highest BCUT2D eigenvalue weighted by atomic mass is 32.2. The van der Waals surface area contributed by atoms with E-state index in [-0.39, 0.29) is 12.5 Å². The van der Waals surface area contributed by atoms with E-state index in [4.69, 9.17) is 8.98 Å². The van der Waals surface area contributed by atoms with Crippen LogP contribution in [0.1, 0.15) is 26.2 Å². The molecule has 1 unspecified atom stereocenters. The van der Waals surface area contributed by atoms with Crippen molar-refractivity contribution < 1.29 is 53.3 Å². The van der Waals surface area contributed by atoms with Crippen molar-refractivity contribution in [2.24, 2.45) is 0 Å². The fraction of sp³-hybridized carbons (Fsp3) is 0.923. The topological polar surface area (TPSA) is 89.9 Å². The summed E-state index contributed by atoms with van der Waals surface area (Å²) in [5, 5.41) is 0. The first kappa shape index (κ1) is 26.1. The van der Waals surface area contributed by atoms with Crippen molar-refractivity contribution >= 4 is 24.4 Å². The van der Waals surface area contributed by atoms with E-state index in [0.29, 0.717) is 6.04 Å². The fourth-order valence-electron chi connectivity index (χ4n) is 2.44. The summed E-state index contributed by atoms with van der Waals surface area (Å²) in [6.07, 6.45) is -12.8. The van der Waals surface area contributed by atoms with Gasteiger partial charge < -0.3 is 9.16 Å². The van der Waals surface area contributed by atoms with Crippen molar-refractivity contribution in [1.29, 1.82) is 0 Å². The minimum Gasteiger partial charge on any atom is -0.438 e. The molecule has 0 aliphatic carbocycles. The molecule has 0 bridgehead atoms. The molecule has 0 fully saturated rings. The van der Waals surface area contributed by atoms with Crippen LogP contribution in [-0.4, -0.2) is 58.1 Å². The number of hydrogen-bond acceptors (Lipinski definition) is 5. The number of halogens is 6. The van der Waals surface area contributed by atoms with E-state index in [0.717, 1.165) is 6.42 Å². The molecular formula is C13H22F6O6SSi. The molecule has 0 saturated carbocycles. The predicted octanol–water partition coefficient (Wildman–Crippen LogP) is 3.69. The fourth-order valence-corrected chi connectivity index (χ4v) is 5.98. The van der Waals surface area contributed by atoms with Gasteiger partial charge in [-0.05, 0) is 25.1 Å². The molecule has 0 aromatic rings. The Labute approximate surface area is 154 Å². The van der Waals surface area contributed by atoms with Crippen molar-refractivity contribution in [1.82, 2.24) is 0 Å². The van der Waals surface area contributed by atoms with Crippen LogP contribution in [0.25, 0.3) is 0 Å². The number of esters is 1. The van der Waals surface area contributed by atoms with Gasteiger partial charge in [-0.1, -0.05) is 13.3 Å². The maximum atomic E-state index is 13.0. The minimum absolute atomic E-state index is 0.0902. The molecule has 0 aliphatic heterocycles. The van der Waals surface area contributed by atoms with E-state index in [1.807, 2.05) is 6.92 Å². The molecule has 0 saturated heterocycles. The Balaban J connectivity index is 5.43. The lowest BCUT2D eigenvalue weighted by molar-refractivity contribution is -0.361. The highest BCUT2D eigenvalue weighted by molar-refractivity contribution is 7.85. The van der Waals surface area contributed by atoms with E-state index in [9.17, 15) is 39.6 Å². The van der Waals surface area contributed by atoms with Crippen LogP contribution in [0, 0.1) is 0 Å². The van der Waals surface area contributed by atoms with Gasteiger partial charge >= 0.3 is 23.9 Å². The third-order valence-corrected chi connectivity index (χ3v) is 8.67. The van der Waals surface area contributed by atoms with E-state index in [1.165, 1.54) is 7.11 Å². The standard InChI is InChI=1S/C13H22F6O6SSi/c1-4-7-27(3,24-2)8-5-6-10(20)25-11(12(14,15)16,13(17,18)19)9-26(21,22)23/h4-9H2,1-3H3,(H,21,22,23). The summed E-state index contributed by atoms with van der Waals surface area (Å²) in [5.74, 6) is -4.75. The zero-order valence-corrected chi connectivity index (χ0v) is 16.7.